The molecule has 0 spiro atoms. The minimum absolute atomic E-state index is 0.130. The fraction of sp³-hybridized carbons (Fsp3) is 0.889. The molecule has 4 fully saturated rings. The van der Waals surface area contributed by atoms with E-state index in [1.54, 1.807) is 20.8 Å². The zero-order valence-corrected chi connectivity index (χ0v) is 16.3. The molecule has 0 radical (unpaired) electrons. The van der Waals surface area contributed by atoms with E-state index in [1.807, 2.05) is 0 Å². The number of amides is 2. The molecule has 2 saturated heterocycles. The van der Waals surface area contributed by atoms with Gasteiger partial charge in [-0.15, -0.1) is 13.2 Å². The lowest BCUT2D eigenvalue weighted by Crippen LogP contribution is -2.67. The number of hydrogen-bond acceptors (Lipinski definition) is 5. The first-order chi connectivity index (χ1) is 12.8. The average molecular weight is 408 g/mol. The van der Waals surface area contributed by atoms with Crippen LogP contribution in [0.3, 0.4) is 0 Å². The zero-order chi connectivity index (χ0) is 20.8. The molecular formula is C18H27F3N2O5. The molecule has 0 aromatic rings. The maximum absolute atomic E-state index is 12.7. The van der Waals surface area contributed by atoms with E-state index in [0.717, 1.165) is 0 Å². The van der Waals surface area contributed by atoms with E-state index in [-0.39, 0.29) is 31.4 Å². The lowest BCUT2D eigenvalue weighted by atomic mass is 9.70. The molecule has 2 aliphatic heterocycles. The van der Waals surface area contributed by atoms with Crippen molar-refractivity contribution in [2.45, 2.75) is 94.5 Å². The summed E-state index contributed by atoms with van der Waals surface area (Å²) in [6.07, 6.45) is -3.80. The van der Waals surface area contributed by atoms with Crippen molar-refractivity contribution in [3.05, 3.63) is 0 Å². The van der Waals surface area contributed by atoms with Gasteiger partial charge in [0.05, 0.1) is 18.2 Å². The fourth-order valence-electron chi connectivity index (χ4n) is 3.96. The van der Waals surface area contributed by atoms with Gasteiger partial charge in [0.2, 0.25) is 0 Å². The number of fused-ring (bicyclic) bond motifs is 3. The summed E-state index contributed by atoms with van der Waals surface area (Å²) >= 11 is 0. The van der Waals surface area contributed by atoms with E-state index in [2.05, 4.69) is 15.4 Å². The quantitative estimate of drug-likeness (QED) is 0.747. The predicted octanol–water partition coefficient (Wildman–Crippen LogP) is 2.78. The van der Waals surface area contributed by atoms with Gasteiger partial charge in [0, 0.05) is 6.04 Å². The fourth-order valence-corrected chi connectivity index (χ4v) is 3.96. The average Bonchev–Trinajstić information content (AvgIpc) is 2.51. The highest BCUT2D eigenvalue weighted by Gasteiger charge is 2.55. The Balaban J connectivity index is 1.47. The zero-order valence-electron chi connectivity index (χ0n) is 16.3. The van der Waals surface area contributed by atoms with Crippen LogP contribution < -0.4 is 10.6 Å². The maximum atomic E-state index is 12.7. The van der Waals surface area contributed by atoms with Gasteiger partial charge in [0.25, 0.3) is 5.91 Å². The Bertz CT molecular complexity index is 601. The number of alkyl carbamates (subject to hydrolysis) is 1. The summed E-state index contributed by atoms with van der Waals surface area (Å²) < 4.78 is 51.6. The van der Waals surface area contributed by atoms with Crippen molar-refractivity contribution >= 4 is 12.0 Å². The Labute approximate surface area is 161 Å². The molecule has 2 saturated carbocycles. The van der Waals surface area contributed by atoms with Gasteiger partial charge in [-0.2, -0.15) is 0 Å². The van der Waals surface area contributed by atoms with Crippen molar-refractivity contribution in [3.8, 4) is 0 Å². The minimum Gasteiger partial charge on any atom is -0.444 e. The molecule has 2 heterocycles. The highest BCUT2D eigenvalue weighted by Crippen LogP contribution is 2.44. The summed E-state index contributed by atoms with van der Waals surface area (Å²) in [4.78, 5) is 24.8. The SMILES string of the molecule is CC(C)(C)OC(=O)NC12CCC(C(=O)NC3CC(OC(F)(F)F)C3)(CC1)OC2. The van der Waals surface area contributed by atoms with Crippen LogP contribution in [0.2, 0.25) is 0 Å². The normalized spacial score (nSPS) is 35.1. The van der Waals surface area contributed by atoms with Gasteiger partial charge >= 0.3 is 12.5 Å². The van der Waals surface area contributed by atoms with Crippen molar-refractivity contribution in [1.82, 2.24) is 10.6 Å². The molecule has 10 heteroatoms. The second kappa shape index (κ2) is 7.05. The van der Waals surface area contributed by atoms with E-state index in [4.69, 9.17) is 9.47 Å². The van der Waals surface area contributed by atoms with Crippen molar-refractivity contribution in [1.29, 1.82) is 0 Å². The molecule has 0 atom stereocenters. The van der Waals surface area contributed by atoms with Crippen LogP contribution in [0.1, 0.15) is 59.3 Å². The van der Waals surface area contributed by atoms with Crippen LogP contribution in [0, 0.1) is 0 Å². The smallest absolute Gasteiger partial charge is 0.444 e. The van der Waals surface area contributed by atoms with Crippen LogP contribution in [0.5, 0.6) is 0 Å². The van der Waals surface area contributed by atoms with Crippen molar-refractivity contribution < 1.29 is 37.0 Å². The number of halogens is 3. The van der Waals surface area contributed by atoms with Crippen LogP contribution in [0.25, 0.3) is 0 Å². The molecule has 2 amide bonds. The van der Waals surface area contributed by atoms with Gasteiger partial charge in [-0.25, -0.2) is 4.79 Å². The Morgan fingerprint density at radius 3 is 2.14 bits per heavy atom. The summed E-state index contributed by atoms with van der Waals surface area (Å²) in [6, 6.07) is -0.341. The number of nitrogens with one attached hydrogen (secondary N) is 2. The number of carbonyl (C=O) groups excluding carboxylic acids is 2. The van der Waals surface area contributed by atoms with Crippen LogP contribution in [-0.4, -0.2) is 53.9 Å². The van der Waals surface area contributed by atoms with Crippen LogP contribution in [0.15, 0.2) is 0 Å². The molecule has 7 nitrogen and oxygen atoms in total. The predicted molar refractivity (Wildman–Crippen MR) is 91.3 cm³/mol. The molecule has 28 heavy (non-hydrogen) atoms. The number of hydrogen-bond donors (Lipinski definition) is 2. The molecule has 2 bridgehead atoms. The summed E-state index contributed by atoms with van der Waals surface area (Å²) in [6.45, 7) is 5.54. The maximum Gasteiger partial charge on any atom is 0.522 e. The number of rotatable bonds is 4. The Hall–Kier alpha value is -1.55. The highest BCUT2D eigenvalue weighted by atomic mass is 19.4. The standard InChI is InChI=1S/C18H27F3N2O5/c1-15(2,3)28-14(25)23-16-4-6-17(7-5-16,26-10-16)13(24)22-11-8-12(9-11)27-18(19,20)21/h11-12H,4-10H2,1-3H3,(H,22,24)(H,23,25). The molecule has 4 rings (SSSR count). The third-order valence-corrected chi connectivity index (χ3v) is 5.55. The van der Waals surface area contributed by atoms with Crippen molar-refractivity contribution in [2.24, 2.45) is 0 Å². The van der Waals surface area contributed by atoms with E-state index in [0.29, 0.717) is 25.7 Å². The number of alkyl halides is 3. The monoisotopic (exact) mass is 408 g/mol. The van der Waals surface area contributed by atoms with Gasteiger partial charge in [-0.05, 0) is 59.3 Å². The Kier molecular flexibility index (Phi) is 5.33. The first kappa shape index (κ1) is 21.2. The summed E-state index contributed by atoms with van der Waals surface area (Å²) in [5.74, 6) is -0.298. The third-order valence-electron chi connectivity index (χ3n) is 5.55. The van der Waals surface area contributed by atoms with Crippen molar-refractivity contribution in [3.63, 3.8) is 0 Å². The first-order valence-corrected chi connectivity index (χ1v) is 9.51. The largest absolute Gasteiger partial charge is 0.522 e. The summed E-state index contributed by atoms with van der Waals surface area (Å²) in [5.41, 5.74) is -2.13. The topological polar surface area (TPSA) is 85.9 Å². The molecule has 4 aliphatic rings. The molecule has 0 aromatic heterocycles. The summed E-state index contributed by atoms with van der Waals surface area (Å²) in [7, 11) is 0. The van der Waals surface area contributed by atoms with Gasteiger partial charge in [-0.1, -0.05) is 0 Å². The van der Waals surface area contributed by atoms with Crippen LogP contribution in [-0.2, 0) is 19.0 Å². The van der Waals surface area contributed by atoms with E-state index >= 15 is 0 Å². The first-order valence-electron chi connectivity index (χ1n) is 9.51. The number of ether oxygens (including phenoxy) is 3. The third kappa shape index (κ3) is 4.89. The van der Waals surface area contributed by atoms with Crippen LogP contribution >= 0.6 is 0 Å². The van der Waals surface area contributed by atoms with Gasteiger partial charge in [0.15, 0.2) is 0 Å². The molecular weight excluding hydrogens is 381 g/mol. The van der Waals surface area contributed by atoms with E-state index in [1.165, 1.54) is 0 Å². The van der Waals surface area contributed by atoms with Gasteiger partial charge in [0.1, 0.15) is 11.2 Å². The molecule has 160 valence electrons. The van der Waals surface area contributed by atoms with E-state index in [9.17, 15) is 22.8 Å². The lowest BCUT2D eigenvalue weighted by Gasteiger charge is -2.52. The Morgan fingerprint density at radius 1 is 1.07 bits per heavy atom. The van der Waals surface area contributed by atoms with Crippen molar-refractivity contribution in [2.75, 3.05) is 6.61 Å². The lowest BCUT2D eigenvalue weighted by molar-refractivity contribution is -0.351. The second-order valence-electron chi connectivity index (χ2n) is 9.02. The molecule has 0 aromatic carbocycles. The van der Waals surface area contributed by atoms with Crippen LogP contribution in [0.4, 0.5) is 18.0 Å². The molecule has 0 unspecified atom stereocenters. The molecule has 2 N–H and O–H groups in total. The second-order valence-corrected chi connectivity index (χ2v) is 9.02. The summed E-state index contributed by atoms with van der Waals surface area (Å²) in [5, 5.41) is 5.66. The highest BCUT2D eigenvalue weighted by molar-refractivity contribution is 5.86. The minimum atomic E-state index is -4.65. The van der Waals surface area contributed by atoms with E-state index < -0.39 is 35.3 Å². The molecule has 2 aliphatic carbocycles. The number of carbonyl (C=O) groups is 2. The Morgan fingerprint density at radius 2 is 1.68 bits per heavy atom. The van der Waals surface area contributed by atoms with Gasteiger partial charge < -0.3 is 20.1 Å². The van der Waals surface area contributed by atoms with Gasteiger partial charge in [-0.3, -0.25) is 9.53 Å².